The first-order valence-corrected chi connectivity index (χ1v) is 8.68. The number of hydrogen-bond donors (Lipinski definition) is 1. The molecular weight excluding hydrogens is 297 g/mol. The van der Waals surface area contributed by atoms with Gasteiger partial charge in [-0.2, -0.15) is 0 Å². The van der Waals surface area contributed by atoms with Crippen molar-refractivity contribution in [3.8, 4) is 5.75 Å². The number of benzene rings is 1. The molecule has 0 unspecified atom stereocenters. The summed E-state index contributed by atoms with van der Waals surface area (Å²) < 4.78 is 30.2. The van der Waals surface area contributed by atoms with E-state index in [1.165, 1.54) is 12.1 Å². The average Bonchev–Trinajstić information content (AvgIpc) is 2.77. The van der Waals surface area contributed by atoms with E-state index in [0.29, 0.717) is 18.5 Å². The van der Waals surface area contributed by atoms with E-state index < -0.39 is 0 Å². The van der Waals surface area contributed by atoms with Gasteiger partial charge < -0.3 is 19.5 Å². The highest BCUT2D eigenvalue weighted by atomic mass is 19.1. The minimum Gasteiger partial charge on any atom is -0.493 e. The van der Waals surface area contributed by atoms with Gasteiger partial charge in [-0.05, 0) is 44.7 Å². The fraction of sp³-hybridized carbons (Fsp3) is 0.667. The third-order valence-electron chi connectivity index (χ3n) is 4.48. The summed E-state index contributed by atoms with van der Waals surface area (Å²) in [6, 6.07) is 5.07. The van der Waals surface area contributed by atoms with Crippen LogP contribution in [0.1, 0.15) is 43.7 Å². The second-order valence-corrected chi connectivity index (χ2v) is 6.22. The van der Waals surface area contributed by atoms with Gasteiger partial charge in [0.2, 0.25) is 0 Å². The Bertz CT molecular complexity index is 491. The highest BCUT2D eigenvalue weighted by Gasteiger charge is 2.20. The van der Waals surface area contributed by atoms with Crippen molar-refractivity contribution < 1.29 is 18.6 Å². The molecule has 5 heteroatoms. The van der Waals surface area contributed by atoms with Crippen LogP contribution in [0.15, 0.2) is 18.2 Å². The van der Waals surface area contributed by atoms with Crippen LogP contribution in [0.3, 0.4) is 0 Å². The summed E-state index contributed by atoms with van der Waals surface area (Å²) in [5, 5.41) is 3.57. The zero-order chi connectivity index (χ0) is 15.9. The van der Waals surface area contributed by atoms with Crippen molar-refractivity contribution in [2.45, 2.75) is 44.2 Å². The first-order chi connectivity index (χ1) is 11.3. The monoisotopic (exact) mass is 323 g/mol. The lowest BCUT2D eigenvalue weighted by atomic mass is 10.0. The van der Waals surface area contributed by atoms with E-state index in [-0.39, 0.29) is 11.9 Å². The summed E-state index contributed by atoms with van der Waals surface area (Å²) in [4.78, 5) is 0. The maximum absolute atomic E-state index is 13.4. The topological polar surface area (TPSA) is 39.7 Å². The number of rotatable bonds is 6. The van der Waals surface area contributed by atoms with Gasteiger partial charge in [-0.1, -0.05) is 6.07 Å². The quantitative estimate of drug-likeness (QED) is 0.816. The lowest BCUT2D eigenvalue weighted by molar-refractivity contribution is -0.0322. The average molecular weight is 323 g/mol. The lowest BCUT2D eigenvalue weighted by Gasteiger charge is -2.23. The minimum atomic E-state index is -0.241. The summed E-state index contributed by atoms with van der Waals surface area (Å²) in [6.07, 6.45) is 5.34. The molecule has 0 saturated carbocycles. The minimum absolute atomic E-state index is 0.233. The van der Waals surface area contributed by atoms with E-state index in [9.17, 15) is 4.39 Å². The van der Waals surface area contributed by atoms with Crippen LogP contribution in [0, 0.1) is 5.82 Å². The zero-order valence-electron chi connectivity index (χ0n) is 13.6. The molecular formula is C18H26FNO3. The Morgan fingerprint density at radius 3 is 2.91 bits per heavy atom. The Hall–Kier alpha value is -1.17. The summed E-state index contributed by atoms with van der Waals surface area (Å²) in [5.41, 5.74) is 1.06. The van der Waals surface area contributed by atoms with E-state index >= 15 is 0 Å². The van der Waals surface area contributed by atoms with Gasteiger partial charge in [-0.3, -0.25) is 0 Å². The maximum atomic E-state index is 13.4. The van der Waals surface area contributed by atoms with Gasteiger partial charge in [0.1, 0.15) is 11.6 Å². The van der Waals surface area contributed by atoms with Gasteiger partial charge in [0.15, 0.2) is 0 Å². The molecule has 2 aliphatic rings. The predicted octanol–water partition coefficient (Wildman–Crippen LogP) is 3.21. The van der Waals surface area contributed by atoms with Crippen LogP contribution in [0.2, 0.25) is 0 Å². The second kappa shape index (κ2) is 8.62. The third-order valence-corrected chi connectivity index (χ3v) is 4.48. The molecule has 0 spiro atoms. The molecule has 1 saturated heterocycles. The molecule has 23 heavy (non-hydrogen) atoms. The second-order valence-electron chi connectivity index (χ2n) is 6.22. The number of fused-ring (bicyclic) bond motifs is 1. The Kier molecular flexibility index (Phi) is 6.25. The van der Waals surface area contributed by atoms with Gasteiger partial charge in [0.05, 0.1) is 12.7 Å². The van der Waals surface area contributed by atoms with E-state index in [4.69, 9.17) is 14.2 Å². The molecule has 4 nitrogen and oxygen atoms in total. The number of ether oxygens (including phenoxy) is 3. The van der Waals surface area contributed by atoms with Gasteiger partial charge in [-0.15, -0.1) is 0 Å². The Morgan fingerprint density at radius 2 is 2.04 bits per heavy atom. The van der Waals surface area contributed by atoms with Gasteiger partial charge in [0, 0.05) is 37.5 Å². The van der Waals surface area contributed by atoms with E-state index in [1.54, 1.807) is 0 Å². The first kappa shape index (κ1) is 16.7. The molecule has 128 valence electrons. The van der Waals surface area contributed by atoms with Crippen LogP contribution in [0.4, 0.5) is 4.39 Å². The van der Waals surface area contributed by atoms with Crippen LogP contribution >= 0.6 is 0 Å². The van der Waals surface area contributed by atoms with Crippen LogP contribution in [-0.2, 0) is 9.47 Å². The fourth-order valence-electron chi connectivity index (χ4n) is 3.20. The molecule has 2 heterocycles. The Morgan fingerprint density at radius 1 is 1.17 bits per heavy atom. The van der Waals surface area contributed by atoms with Gasteiger partial charge in [0.25, 0.3) is 0 Å². The van der Waals surface area contributed by atoms with Crippen molar-refractivity contribution in [1.82, 2.24) is 5.32 Å². The molecule has 0 radical (unpaired) electrons. The third kappa shape index (κ3) is 4.90. The van der Waals surface area contributed by atoms with Crippen molar-refractivity contribution in [1.29, 1.82) is 0 Å². The number of hydrogen-bond acceptors (Lipinski definition) is 4. The zero-order valence-corrected chi connectivity index (χ0v) is 13.6. The normalized spacial score (nSPS) is 22.2. The van der Waals surface area contributed by atoms with E-state index in [2.05, 4.69) is 5.32 Å². The molecule has 1 aromatic rings. The van der Waals surface area contributed by atoms with Crippen molar-refractivity contribution >= 4 is 0 Å². The molecule has 0 aliphatic carbocycles. The standard InChI is InChI=1S/C18H26FNO3/c19-14-4-5-16-17(3-1-9-23-18(16)13-14)20-8-2-10-22-15-6-11-21-12-7-15/h4-5,13,15,17,20H,1-3,6-12H2/t17-/m0/s1. The van der Waals surface area contributed by atoms with Crippen LogP contribution < -0.4 is 10.1 Å². The summed E-state index contributed by atoms with van der Waals surface area (Å²) in [7, 11) is 0. The van der Waals surface area contributed by atoms with Crippen LogP contribution in [0.5, 0.6) is 5.75 Å². The molecule has 0 aromatic heterocycles. The predicted molar refractivity (Wildman–Crippen MR) is 86.3 cm³/mol. The molecule has 3 rings (SSSR count). The smallest absolute Gasteiger partial charge is 0.126 e. The largest absolute Gasteiger partial charge is 0.493 e. The molecule has 2 aliphatic heterocycles. The Labute approximate surface area is 137 Å². The van der Waals surface area contributed by atoms with Crippen LogP contribution in [0.25, 0.3) is 0 Å². The SMILES string of the molecule is Fc1ccc2c(c1)OCCC[C@@H]2NCCCOC1CCOCC1. The highest BCUT2D eigenvalue weighted by molar-refractivity contribution is 5.37. The summed E-state index contributed by atoms with van der Waals surface area (Å²) in [5.74, 6) is 0.438. The van der Waals surface area contributed by atoms with Crippen molar-refractivity contribution in [3.63, 3.8) is 0 Å². The lowest BCUT2D eigenvalue weighted by Crippen LogP contribution is -2.26. The molecule has 0 bridgehead atoms. The first-order valence-electron chi connectivity index (χ1n) is 8.68. The van der Waals surface area contributed by atoms with Crippen molar-refractivity contribution in [3.05, 3.63) is 29.6 Å². The van der Waals surface area contributed by atoms with Crippen molar-refractivity contribution in [2.75, 3.05) is 33.0 Å². The summed E-state index contributed by atoms with van der Waals surface area (Å²) in [6.45, 7) is 3.96. The highest BCUT2D eigenvalue weighted by Crippen LogP contribution is 2.31. The Balaban J connectivity index is 1.43. The number of halogens is 1. The molecule has 1 N–H and O–H groups in total. The molecule has 1 aromatic carbocycles. The molecule has 1 fully saturated rings. The van der Waals surface area contributed by atoms with E-state index in [1.807, 2.05) is 6.07 Å². The fourth-order valence-corrected chi connectivity index (χ4v) is 3.20. The van der Waals surface area contributed by atoms with E-state index in [0.717, 1.165) is 64.0 Å². The molecule has 0 amide bonds. The maximum Gasteiger partial charge on any atom is 0.126 e. The van der Waals surface area contributed by atoms with Crippen LogP contribution in [-0.4, -0.2) is 39.1 Å². The van der Waals surface area contributed by atoms with Gasteiger partial charge in [-0.25, -0.2) is 4.39 Å². The molecule has 1 atom stereocenters. The summed E-state index contributed by atoms with van der Waals surface area (Å²) >= 11 is 0. The number of nitrogens with one attached hydrogen (secondary N) is 1. The van der Waals surface area contributed by atoms with Gasteiger partial charge >= 0.3 is 0 Å². The van der Waals surface area contributed by atoms with Crippen molar-refractivity contribution in [2.24, 2.45) is 0 Å².